The van der Waals surface area contributed by atoms with Crippen molar-refractivity contribution in [3.05, 3.63) is 96.8 Å². The second-order valence-corrected chi connectivity index (χ2v) is 14.5. The minimum atomic E-state index is -4.84. The maximum Gasteiger partial charge on any atom is 0.433 e. The second kappa shape index (κ2) is 12.4. The molecule has 5 aromatic rings. The smallest absolute Gasteiger partial charge is 0.433 e. The predicted molar refractivity (Wildman–Crippen MR) is 195 cm³/mol. The van der Waals surface area contributed by atoms with Crippen molar-refractivity contribution in [1.82, 2.24) is 29.3 Å². The fraction of sp³-hybridized carbons (Fsp3) is 0.342. The molecule has 2 saturated heterocycles. The summed E-state index contributed by atoms with van der Waals surface area (Å²) in [6, 6.07) is 13.7. The monoisotopic (exact) mass is 745 g/mol. The van der Waals surface area contributed by atoms with Crippen molar-refractivity contribution in [3.63, 3.8) is 0 Å². The highest BCUT2D eigenvalue weighted by Crippen LogP contribution is 2.48. The van der Waals surface area contributed by atoms with Crippen LogP contribution in [0, 0.1) is 6.92 Å². The highest BCUT2D eigenvalue weighted by molar-refractivity contribution is 6.36. The minimum Gasteiger partial charge on any atom is -0.481 e. The molecule has 2 aromatic carbocycles. The maximum absolute atomic E-state index is 14.0. The summed E-state index contributed by atoms with van der Waals surface area (Å²) in [5.74, 6) is 0.310. The fourth-order valence-electron chi connectivity index (χ4n) is 8.16. The summed E-state index contributed by atoms with van der Waals surface area (Å²) in [5.41, 5.74) is 2.75. The number of amides is 1. The van der Waals surface area contributed by atoms with Crippen LogP contribution in [0.3, 0.4) is 0 Å². The van der Waals surface area contributed by atoms with E-state index in [1.807, 2.05) is 24.3 Å². The number of carbonyl (C=O) groups is 1. The first-order chi connectivity index (χ1) is 25.2. The summed E-state index contributed by atoms with van der Waals surface area (Å²) < 4.78 is 49.7. The van der Waals surface area contributed by atoms with Gasteiger partial charge in [-0.1, -0.05) is 41.9 Å². The van der Waals surface area contributed by atoms with Gasteiger partial charge in [-0.05, 0) is 61.1 Å². The number of carbonyl (C=O) groups excluding carboxylic acids is 1. The molecule has 2 fully saturated rings. The number of likely N-dealkylation sites (tertiary alicyclic amines) is 1. The van der Waals surface area contributed by atoms with E-state index < -0.39 is 23.1 Å². The summed E-state index contributed by atoms with van der Waals surface area (Å²) in [7, 11) is 4.17. The highest BCUT2D eigenvalue weighted by atomic mass is 35.5. The number of methoxy groups -OCH3 is 1. The van der Waals surface area contributed by atoms with Crippen molar-refractivity contribution in [2.24, 2.45) is 14.1 Å². The van der Waals surface area contributed by atoms with E-state index in [-0.39, 0.29) is 34.2 Å². The molecule has 2 N–H and O–H groups in total. The SMILES string of the molecule is COc1nc(-c2cccc(-c3cccc(Nc4nc(C(F)(F)F)cc5c4c(=O)n(C)c(=O)n5C)c3C)c2Cl)cc2c1[C@H](N1CC3(CCC(=O)N3)C1)CC2. The van der Waals surface area contributed by atoms with E-state index in [4.69, 9.17) is 21.3 Å². The van der Waals surface area contributed by atoms with Crippen molar-refractivity contribution in [2.75, 3.05) is 25.5 Å². The molecule has 1 aliphatic carbocycles. The van der Waals surface area contributed by atoms with Gasteiger partial charge in [0, 0.05) is 62.0 Å². The molecule has 8 rings (SSSR count). The Hall–Kier alpha value is -5.21. The van der Waals surface area contributed by atoms with E-state index in [1.165, 1.54) is 14.1 Å². The van der Waals surface area contributed by atoms with Gasteiger partial charge in [0.2, 0.25) is 11.8 Å². The van der Waals surface area contributed by atoms with Crippen LogP contribution in [0.15, 0.2) is 58.1 Å². The van der Waals surface area contributed by atoms with Crippen molar-refractivity contribution in [1.29, 1.82) is 0 Å². The van der Waals surface area contributed by atoms with Crippen LogP contribution in [0.4, 0.5) is 24.7 Å². The number of aryl methyl sites for hydroxylation is 2. The van der Waals surface area contributed by atoms with Gasteiger partial charge in [0.05, 0.1) is 28.9 Å². The minimum absolute atomic E-state index is 0.111. The molecule has 5 heterocycles. The molecule has 11 nitrogen and oxygen atoms in total. The molecular weight excluding hydrogens is 711 g/mol. The van der Waals surface area contributed by atoms with Crippen molar-refractivity contribution >= 4 is 39.9 Å². The molecule has 0 radical (unpaired) electrons. The number of aromatic nitrogens is 4. The van der Waals surface area contributed by atoms with Crippen LogP contribution < -0.4 is 26.6 Å². The van der Waals surface area contributed by atoms with E-state index in [2.05, 4.69) is 26.6 Å². The number of anilines is 2. The Kier molecular flexibility index (Phi) is 8.18. The predicted octanol–water partition coefficient (Wildman–Crippen LogP) is 6.05. The molecule has 3 aromatic heterocycles. The number of fused-ring (bicyclic) bond motifs is 2. The number of halogens is 4. The number of benzene rings is 2. The zero-order valence-corrected chi connectivity index (χ0v) is 30.1. The normalized spacial score (nSPS) is 18.0. The highest BCUT2D eigenvalue weighted by Gasteiger charge is 2.51. The average molecular weight is 746 g/mol. The van der Waals surface area contributed by atoms with E-state index in [9.17, 15) is 27.6 Å². The molecule has 0 unspecified atom stereocenters. The summed E-state index contributed by atoms with van der Waals surface area (Å²) >= 11 is 7.16. The Morgan fingerprint density at radius 3 is 2.40 bits per heavy atom. The van der Waals surface area contributed by atoms with E-state index in [1.54, 1.807) is 26.2 Å². The Morgan fingerprint density at radius 1 is 0.981 bits per heavy atom. The summed E-state index contributed by atoms with van der Waals surface area (Å²) in [6.45, 7) is 3.38. The van der Waals surface area contributed by atoms with E-state index >= 15 is 0 Å². The molecule has 1 spiro atoms. The van der Waals surface area contributed by atoms with Crippen LogP contribution in [-0.2, 0) is 31.5 Å². The summed E-state index contributed by atoms with van der Waals surface area (Å²) in [4.78, 5) is 48.9. The lowest BCUT2D eigenvalue weighted by Crippen LogP contribution is -2.67. The third kappa shape index (κ3) is 5.66. The van der Waals surface area contributed by atoms with Gasteiger partial charge in [0.1, 0.15) is 16.9 Å². The number of alkyl halides is 3. The summed E-state index contributed by atoms with van der Waals surface area (Å²) in [6.07, 6.45) is -1.68. The van der Waals surface area contributed by atoms with Gasteiger partial charge in [-0.2, -0.15) is 13.2 Å². The number of rotatable bonds is 6. The molecule has 1 atom stereocenters. The summed E-state index contributed by atoms with van der Waals surface area (Å²) in [5, 5.41) is 6.38. The number of ether oxygens (including phenoxy) is 1. The van der Waals surface area contributed by atoms with Gasteiger partial charge in [0.15, 0.2) is 0 Å². The van der Waals surface area contributed by atoms with Crippen LogP contribution in [-0.4, -0.2) is 55.6 Å². The van der Waals surface area contributed by atoms with E-state index in [0.717, 1.165) is 52.6 Å². The average Bonchev–Trinajstić information content (AvgIpc) is 3.73. The van der Waals surface area contributed by atoms with Crippen molar-refractivity contribution < 1.29 is 22.7 Å². The van der Waals surface area contributed by atoms with Crippen molar-refractivity contribution in [3.8, 4) is 28.3 Å². The molecule has 0 bridgehead atoms. The van der Waals surface area contributed by atoms with Crippen LogP contribution in [0.2, 0.25) is 5.02 Å². The van der Waals surface area contributed by atoms with Crippen LogP contribution in [0.25, 0.3) is 33.3 Å². The van der Waals surface area contributed by atoms with Crippen molar-refractivity contribution in [2.45, 2.75) is 50.4 Å². The van der Waals surface area contributed by atoms with Crippen LogP contribution >= 0.6 is 11.6 Å². The maximum atomic E-state index is 14.0. The zero-order chi connectivity index (χ0) is 37.6. The molecule has 274 valence electrons. The molecule has 0 saturated carbocycles. The lowest BCUT2D eigenvalue weighted by atomic mass is 9.86. The number of nitrogens with zero attached hydrogens (tertiary/aromatic N) is 5. The van der Waals surface area contributed by atoms with Crippen LogP contribution in [0.1, 0.15) is 47.7 Å². The van der Waals surface area contributed by atoms with Gasteiger partial charge in [0.25, 0.3) is 5.56 Å². The zero-order valence-electron chi connectivity index (χ0n) is 29.3. The Labute approximate surface area is 306 Å². The fourth-order valence-corrected chi connectivity index (χ4v) is 8.48. The number of hydrogen-bond acceptors (Lipinski definition) is 8. The van der Waals surface area contributed by atoms with Gasteiger partial charge >= 0.3 is 11.9 Å². The first kappa shape index (κ1) is 34.9. The van der Waals surface area contributed by atoms with Gasteiger partial charge < -0.3 is 15.4 Å². The quantitative estimate of drug-likeness (QED) is 0.216. The van der Waals surface area contributed by atoms with E-state index in [0.29, 0.717) is 57.0 Å². The Bertz CT molecular complexity index is 2490. The third-order valence-electron chi connectivity index (χ3n) is 10.9. The van der Waals surface area contributed by atoms with Gasteiger partial charge in [-0.25, -0.2) is 14.8 Å². The molecule has 3 aliphatic rings. The molecule has 2 aliphatic heterocycles. The third-order valence-corrected chi connectivity index (χ3v) is 11.3. The standard InChI is InChI=1S/C38H35ClF3N7O4/c1-19-21(7-6-10-24(19)43-33-31-27(16-28(45-33)38(40,41)42)47(2)36(52)48(3)35(31)51)22-8-5-9-23(32(22)39)25-15-20-11-12-26(30(20)34(44-25)53-4)49-17-37(18-49)14-13-29(50)46-37/h5-10,15-16,26H,11-14,17-18H2,1-4H3,(H,43,45)(H,46,50)/t26-/m1/s1. The molecule has 53 heavy (non-hydrogen) atoms. The second-order valence-electron chi connectivity index (χ2n) is 14.1. The van der Waals surface area contributed by atoms with Crippen LogP contribution in [0.5, 0.6) is 5.88 Å². The number of nitrogens with one attached hydrogen (secondary N) is 2. The first-order valence-corrected chi connectivity index (χ1v) is 17.5. The molecule has 1 amide bonds. The molecular formula is C38H35ClF3N7O4. The van der Waals surface area contributed by atoms with Gasteiger partial charge in [-0.3, -0.25) is 23.6 Å². The lowest BCUT2D eigenvalue weighted by molar-refractivity contribution is -0.141. The largest absolute Gasteiger partial charge is 0.481 e. The van der Waals surface area contributed by atoms with Gasteiger partial charge in [-0.15, -0.1) is 0 Å². The Morgan fingerprint density at radius 2 is 1.70 bits per heavy atom. The molecule has 15 heteroatoms. The topological polar surface area (TPSA) is 123 Å². The Balaban J connectivity index is 1.15. The lowest BCUT2D eigenvalue weighted by Gasteiger charge is -2.50. The first-order valence-electron chi connectivity index (χ1n) is 17.2. The number of hydrogen-bond donors (Lipinski definition) is 2. The number of pyridine rings is 2.